The Labute approximate surface area is 102 Å². The van der Waals surface area contributed by atoms with Gasteiger partial charge in [-0.05, 0) is 37.4 Å². The van der Waals surface area contributed by atoms with Gasteiger partial charge in [0.1, 0.15) is 6.33 Å². The van der Waals surface area contributed by atoms with Gasteiger partial charge < -0.3 is 5.73 Å². The summed E-state index contributed by atoms with van der Waals surface area (Å²) in [4.78, 5) is 8.51. The van der Waals surface area contributed by atoms with E-state index < -0.39 is 0 Å². The zero-order valence-electron chi connectivity index (χ0n) is 10.1. The van der Waals surface area contributed by atoms with Crippen LogP contribution in [-0.2, 0) is 6.42 Å². The van der Waals surface area contributed by atoms with Crippen molar-refractivity contribution in [1.82, 2.24) is 9.97 Å². The van der Waals surface area contributed by atoms with E-state index in [2.05, 4.69) is 29.0 Å². The summed E-state index contributed by atoms with van der Waals surface area (Å²) in [6, 6.07) is 8.28. The maximum atomic E-state index is 5.55. The van der Waals surface area contributed by atoms with Crippen LogP contribution in [0.15, 0.2) is 36.8 Å². The van der Waals surface area contributed by atoms with Gasteiger partial charge in [-0.1, -0.05) is 24.3 Å². The Morgan fingerprint density at radius 2 is 2.06 bits per heavy atom. The van der Waals surface area contributed by atoms with E-state index in [0.717, 1.165) is 18.5 Å². The van der Waals surface area contributed by atoms with Crippen molar-refractivity contribution < 1.29 is 0 Å². The molecule has 88 valence electrons. The Morgan fingerprint density at radius 1 is 1.24 bits per heavy atom. The minimum Gasteiger partial charge on any atom is -0.330 e. The van der Waals surface area contributed by atoms with Crippen molar-refractivity contribution in [2.75, 3.05) is 6.54 Å². The highest BCUT2D eigenvalue weighted by molar-refractivity contribution is 5.66. The largest absolute Gasteiger partial charge is 0.330 e. The minimum absolute atomic E-state index is 0.697. The van der Waals surface area contributed by atoms with Gasteiger partial charge in [-0.2, -0.15) is 0 Å². The fourth-order valence-electron chi connectivity index (χ4n) is 1.92. The predicted molar refractivity (Wildman–Crippen MR) is 69.6 cm³/mol. The third-order valence-electron chi connectivity index (χ3n) is 2.84. The summed E-state index contributed by atoms with van der Waals surface area (Å²) < 4.78 is 0. The second kappa shape index (κ2) is 5.55. The topological polar surface area (TPSA) is 51.8 Å². The molecule has 3 heteroatoms. The molecule has 2 rings (SSSR count). The van der Waals surface area contributed by atoms with Crippen LogP contribution in [0.3, 0.4) is 0 Å². The van der Waals surface area contributed by atoms with Gasteiger partial charge in [0.25, 0.3) is 0 Å². The highest BCUT2D eigenvalue weighted by atomic mass is 14.8. The second-order valence-electron chi connectivity index (χ2n) is 4.10. The molecule has 0 fully saturated rings. The fourth-order valence-corrected chi connectivity index (χ4v) is 1.92. The normalized spacial score (nSPS) is 10.5. The van der Waals surface area contributed by atoms with Gasteiger partial charge in [0.2, 0.25) is 0 Å². The van der Waals surface area contributed by atoms with Crippen molar-refractivity contribution >= 4 is 0 Å². The molecular formula is C14H17N3. The first-order valence-corrected chi connectivity index (χ1v) is 5.88. The average molecular weight is 227 g/mol. The van der Waals surface area contributed by atoms with E-state index in [-0.39, 0.29) is 0 Å². The number of benzene rings is 1. The molecule has 0 saturated carbocycles. The van der Waals surface area contributed by atoms with Gasteiger partial charge >= 0.3 is 0 Å². The fraction of sp³-hybridized carbons (Fsp3) is 0.286. The maximum Gasteiger partial charge on any atom is 0.116 e. The first-order valence-electron chi connectivity index (χ1n) is 5.88. The van der Waals surface area contributed by atoms with Crippen molar-refractivity contribution in [2.24, 2.45) is 5.73 Å². The molecule has 0 spiro atoms. The van der Waals surface area contributed by atoms with Crippen LogP contribution < -0.4 is 5.73 Å². The molecule has 2 N–H and O–H groups in total. The Kier molecular flexibility index (Phi) is 3.83. The van der Waals surface area contributed by atoms with Crippen LogP contribution in [0, 0.1) is 6.92 Å². The van der Waals surface area contributed by atoms with Crippen LogP contribution in [-0.4, -0.2) is 16.5 Å². The smallest absolute Gasteiger partial charge is 0.116 e. The number of aryl methyl sites for hydroxylation is 2. The van der Waals surface area contributed by atoms with E-state index in [9.17, 15) is 0 Å². The molecule has 0 amide bonds. The summed E-state index contributed by atoms with van der Waals surface area (Å²) >= 11 is 0. The van der Waals surface area contributed by atoms with E-state index in [1.54, 1.807) is 6.33 Å². The molecule has 0 atom stereocenters. The minimum atomic E-state index is 0.697. The molecular weight excluding hydrogens is 210 g/mol. The van der Waals surface area contributed by atoms with Crippen LogP contribution >= 0.6 is 0 Å². The molecule has 2 aromatic rings. The van der Waals surface area contributed by atoms with Gasteiger partial charge in [0.15, 0.2) is 0 Å². The SMILES string of the molecule is Cc1ccccc1-c1ncncc1CCCN. The standard InChI is InChI=1S/C14H17N3/c1-11-5-2-3-7-13(11)14-12(6-4-8-15)9-16-10-17-14/h2-3,5,7,9-10H,4,6,8,15H2,1H3. The molecule has 0 bridgehead atoms. The molecule has 0 aliphatic heterocycles. The summed E-state index contributed by atoms with van der Waals surface area (Å²) in [7, 11) is 0. The molecule has 0 radical (unpaired) electrons. The van der Waals surface area contributed by atoms with Crippen LogP contribution in [0.1, 0.15) is 17.5 Å². The zero-order chi connectivity index (χ0) is 12.1. The number of nitrogens with two attached hydrogens (primary N) is 1. The van der Waals surface area contributed by atoms with Crippen LogP contribution in [0.5, 0.6) is 0 Å². The molecule has 0 aliphatic rings. The van der Waals surface area contributed by atoms with Crippen LogP contribution in [0.25, 0.3) is 11.3 Å². The molecule has 0 aliphatic carbocycles. The van der Waals surface area contributed by atoms with Crippen molar-refractivity contribution in [3.05, 3.63) is 47.9 Å². The highest BCUT2D eigenvalue weighted by Gasteiger charge is 2.08. The van der Waals surface area contributed by atoms with Gasteiger partial charge in [0.05, 0.1) is 5.69 Å². The number of nitrogens with zero attached hydrogens (tertiary/aromatic N) is 2. The van der Waals surface area contributed by atoms with Crippen molar-refractivity contribution in [2.45, 2.75) is 19.8 Å². The Balaban J connectivity index is 2.41. The van der Waals surface area contributed by atoms with Gasteiger partial charge in [-0.15, -0.1) is 0 Å². The Bertz CT molecular complexity index is 494. The van der Waals surface area contributed by atoms with Gasteiger partial charge in [0, 0.05) is 11.8 Å². The first kappa shape index (κ1) is 11.7. The van der Waals surface area contributed by atoms with Gasteiger partial charge in [-0.3, -0.25) is 0 Å². The Hall–Kier alpha value is -1.74. The molecule has 1 aromatic heterocycles. The quantitative estimate of drug-likeness (QED) is 0.872. The summed E-state index contributed by atoms with van der Waals surface area (Å²) in [5.41, 5.74) is 10.2. The maximum absolute atomic E-state index is 5.55. The third-order valence-corrected chi connectivity index (χ3v) is 2.84. The predicted octanol–water partition coefficient (Wildman–Crippen LogP) is 2.34. The number of hydrogen-bond donors (Lipinski definition) is 1. The monoisotopic (exact) mass is 227 g/mol. The van der Waals surface area contributed by atoms with E-state index in [1.165, 1.54) is 16.7 Å². The third kappa shape index (κ3) is 2.68. The lowest BCUT2D eigenvalue weighted by atomic mass is 10.00. The number of rotatable bonds is 4. The summed E-state index contributed by atoms with van der Waals surface area (Å²) in [6.07, 6.45) is 5.39. The molecule has 0 unspecified atom stereocenters. The van der Waals surface area contributed by atoms with Crippen molar-refractivity contribution in [3.8, 4) is 11.3 Å². The van der Waals surface area contributed by atoms with Gasteiger partial charge in [-0.25, -0.2) is 9.97 Å². The summed E-state index contributed by atoms with van der Waals surface area (Å²) in [5.74, 6) is 0. The lowest BCUT2D eigenvalue weighted by Gasteiger charge is -2.09. The first-order chi connectivity index (χ1) is 8.33. The Morgan fingerprint density at radius 3 is 2.82 bits per heavy atom. The summed E-state index contributed by atoms with van der Waals surface area (Å²) in [6.45, 7) is 2.80. The lowest BCUT2D eigenvalue weighted by Crippen LogP contribution is -2.03. The lowest BCUT2D eigenvalue weighted by molar-refractivity contribution is 0.825. The van der Waals surface area contributed by atoms with Crippen LogP contribution in [0.2, 0.25) is 0 Å². The second-order valence-corrected chi connectivity index (χ2v) is 4.10. The number of hydrogen-bond acceptors (Lipinski definition) is 3. The summed E-state index contributed by atoms with van der Waals surface area (Å²) in [5, 5.41) is 0. The molecule has 17 heavy (non-hydrogen) atoms. The van der Waals surface area contributed by atoms with Crippen LogP contribution in [0.4, 0.5) is 0 Å². The zero-order valence-corrected chi connectivity index (χ0v) is 10.1. The highest BCUT2D eigenvalue weighted by Crippen LogP contribution is 2.24. The van der Waals surface area contributed by atoms with E-state index in [0.29, 0.717) is 6.54 Å². The molecule has 1 aromatic carbocycles. The molecule has 1 heterocycles. The van der Waals surface area contributed by atoms with E-state index >= 15 is 0 Å². The average Bonchev–Trinajstić information content (AvgIpc) is 2.37. The molecule has 3 nitrogen and oxygen atoms in total. The van der Waals surface area contributed by atoms with E-state index in [4.69, 9.17) is 5.73 Å². The van der Waals surface area contributed by atoms with E-state index in [1.807, 2.05) is 18.3 Å². The molecule has 0 saturated heterocycles. The van der Waals surface area contributed by atoms with Crippen molar-refractivity contribution in [3.63, 3.8) is 0 Å². The number of aromatic nitrogens is 2. The van der Waals surface area contributed by atoms with Crippen molar-refractivity contribution in [1.29, 1.82) is 0 Å².